The lowest BCUT2D eigenvalue weighted by Gasteiger charge is -2.08. The molecule has 6 nitrogen and oxygen atoms in total. The lowest BCUT2D eigenvalue weighted by atomic mass is 10.1. The van der Waals surface area contributed by atoms with E-state index in [1.807, 2.05) is 6.92 Å². The number of hydrogen-bond donors (Lipinski definition) is 1. The summed E-state index contributed by atoms with van der Waals surface area (Å²) in [6.07, 6.45) is 1.16. The second-order valence-electron chi connectivity index (χ2n) is 5.85. The molecule has 3 N–H and O–H groups in total. The average molecular weight is 344 g/mol. The predicted molar refractivity (Wildman–Crippen MR) is 86.2 cm³/mol. The molecule has 0 heterocycles. The van der Waals surface area contributed by atoms with E-state index in [1.165, 1.54) is 19.1 Å². The first-order valence-electron chi connectivity index (χ1n) is 6.95. The number of quaternary nitrogens is 1. The molecule has 0 fully saturated rings. The van der Waals surface area contributed by atoms with Crippen LogP contribution in [-0.2, 0) is 14.9 Å². The van der Waals surface area contributed by atoms with Gasteiger partial charge in [-0.3, -0.25) is 0 Å². The van der Waals surface area contributed by atoms with Gasteiger partial charge in [-0.05, 0) is 51.8 Å². The van der Waals surface area contributed by atoms with Gasteiger partial charge in [0.05, 0.1) is 16.4 Å². The minimum absolute atomic E-state index is 0.0648. The fourth-order valence-corrected chi connectivity index (χ4v) is 1.17. The minimum Gasteiger partial charge on any atom is -0.744 e. The summed E-state index contributed by atoms with van der Waals surface area (Å²) < 4.78 is 31.2. The third kappa shape index (κ3) is 15.0. The Morgan fingerprint density at radius 2 is 1.57 bits per heavy atom. The maximum Gasteiger partial charge on any atom is 0.124 e. The second kappa shape index (κ2) is 10.1. The first-order chi connectivity index (χ1) is 10.2. The van der Waals surface area contributed by atoms with Crippen molar-refractivity contribution < 1.29 is 28.6 Å². The molecule has 0 aliphatic carbocycles. The standard InChI is InChI=1S/C7H8O3S.C5H13N.C4H6O2/c1-6-2-4-7(5-3-6)11(8,9)10;1-4-5(2,3)6;1-3(2)4(5)6/h2-5H,1H3,(H,8,9,10);4,6H2,1-3H3;1H2,2H3,(H,5,6)/p-1. The van der Waals surface area contributed by atoms with Crippen LogP contribution < -0.4 is 10.8 Å². The van der Waals surface area contributed by atoms with E-state index in [1.54, 1.807) is 12.1 Å². The van der Waals surface area contributed by atoms with Crippen molar-refractivity contribution in [3.8, 4) is 0 Å². The van der Waals surface area contributed by atoms with Crippen LogP contribution in [0.3, 0.4) is 0 Å². The van der Waals surface area contributed by atoms with Crippen LogP contribution in [0.25, 0.3) is 0 Å². The Morgan fingerprint density at radius 1 is 1.26 bits per heavy atom. The van der Waals surface area contributed by atoms with Crippen LogP contribution in [0.15, 0.2) is 41.3 Å². The maximum atomic E-state index is 10.4. The first-order valence-corrected chi connectivity index (χ1v) is 8.36. The van der Waals surface area contributed by atoms with E-state index >= 15 is 0 Å². The largest absolute Gasteiger partial charge is 0.744 e. The van der Waals surface area contributed by atoms with Gasteiger partial charge in [-0.15, -0.1) is 0 Å². The number of aliphatic carboxylic acids is 1. The molecule has 0 saturated carbocycles. The van der Waals surface area contributed by atoms with Gasteiger partial charge in [-0.2, -0.15) is 0 Å². The Bertz CT molecular complexity index is 586. The SMILES string of the molecule is C=C(C)C(=O)[O-].CCC(C)(C)[NH3+].Cc1ccc(S(=O)(=O)[O-])cc1. The first kappa shape index (κ1) is 23.6. The van der Waals surface area contributed by atoms with Gasteiger partial charge in [0.1, 0.15) is 10.1 Å². The fraction of sp³-hybridized carbons (Fsp3) is 0.438. The number of carbonyl (C=O) groups is 1. The van der Waals surface area contributed by atoms with Crippen molar-refractivity contribution >= 4 is 16.1 Å². The summed E-state index contributed by atoms with van der Waals surface area (Å²) in [5, 5.41) is 9.49. The Kier molecular flexibility index (Phi) is 10.4. The molecule has 0 saturated heterocycles. The third-order valence-corrected chi connectivity index (χ3v) is 3.46. The van der Waals surface area contributed by atoms with Gasteiger partial charge in [-0.1, -0.05) is 31.2 Å². The van der Waals surface area contributed by atoms with Gasteiger partial charge in [0.2, 0.25) is 0 Å². The quantitative estimate of drug-likeness (QED) is 0.636. The maximum absolute atomic E-state index is 10.4. The molecular weight excluding hydrogens is 318 g/mol. The molecule has 132 valence electrons. The molecule has 23 heavy (non-hydrogen) atoms. The van der Waals surface area contributed by atoms with Crippen molar-refractivity contribution in [2.24, 2.45) is 0 Å². The summed E-state index contributed by atoms with van der Waals surface area (Å²) in [5.41, 5.74) is 5.17. The molecule has 0 spiro atoms. The van der Waals surface area contributed by atoms with Gasteiger partial charge in [0.15, 0.2) is 0 Å². The highest BCUT2D eigenvalue weighted by molar-refractivity contribution is 7.85. The number of benzene rings is 1. The van der Waals surface area contributed by atoms with Crippen LogP contribution in [0.5, 0.6) is 0 Å². The molecule has 0 aromatic heterocycles. The van der Waals surface area contributed by atoms with Crippen LogP contribution >= 0.6 is 0 Å². The molecule has 0 atom stereocenters. The van der Waals surface area contributed by atoms with Crippen LogP contribution in [0.1, 0.15) is 39.7 Å². The molecule has 1 aromatic rings. The summed E-state index contributed by atoms with van der Waals surface area (Å²) in [5.74, 6) is -1.19. The Morgan fingerprint density at radius 3 is 1.74 bits per heavy atom. The molecular formula is C16H26NO5S-. The van der Waals surface area contributed by atoms with Crippen molar-refractivity contribution in [3.05, 3.63) is 42.0 Å². The zero-order valence-electron chi connectivity index (χ0n) is 14.4. The smallest absolute Gasteiger partial charge is 0.124 e. The van der Waals surface area contributed by atoms with Crippen LogP contribution in [0, 0.1) is 6.92 Å². The lowest BCUT2D eigenvalue weighted by Crippen LogP contribution is -2.68. The molecule has 1 aromatic carbocycles. The fourth-order valence-electron chi connectivity index (χ4n) is 0.705. The van der Waals surface area contributed by atoms with E-state index in [2.05, 4.69) is 33.1 Å². The molecule has 7 heteroatoms. The van der Waals surface area contributed by atoms with Gasteiger partial charge in [0.25, 0.3) is 0 Å². The van der Waals surface area contributed by atoms with E-state index in [4.69, 9.17) is 0 Å². The predicted octanol–water partition coefficient (Wildman–Crippen LogP) is 0.628. The third-order valence-electron chi connectivity index (χ3n) is 2.62. The number of carboxylic acids is 1. The van der Waals surface area contributed by atoms with Gasteiger partial charge in [-0.25, -0.2) is 8.42 Å². The van der Waals surface area contributed by atoms with Crippen molar-refractivity contribution in [2.75, 3.05) is 0 Å². The number of rotatable bonds is 3. The molecule has 0 radical (unpaired) electrons. The molecule has 0 aliphatic heterocycles. The Hall–Kier alpha value is -1.70. The zero-order valence-corrected chi connectivity index (χ0v) is 15.2. The van der Waals surface area contributed by atoms with Gasteiger partial charge < -0.3 is 20.2 Å². The zero-order chi connectivity index (χ0) is 18.8. The highest BCUT2D eigenvalue weighted by Crippen LogP contribution is 2.08. The Labute approximate surface area is 138 Å². The van der Waals surface area contributed by atoms with E-state index in [-0.39, 0.29) is 10.5 Å². The van der Waals surface area contributed by atoms with Crippen LogP contribution in [0.4, 0.5) is 0 Å². The average Bonchev–Trinajstić information content (AvgIpc) is 2.38. The van der Waals surface area contributed by atoms with E-state index in [0.717, 1.165) is 12.0 Å². The summed E-state index contributed by atoms with van der Waals surface area (Å²) in [4.78, 5) is 9.31. The summed E-state index contributed by atoms with van der Waals surface area (Å²) >= 11 is 0. The van der Waals surface area contributed by atoms with Gasteiger partial charge in [0, 0.05) is 0 Å². The normalized spacial score (nSPS) is 10.6. The number of carboxylic acid groups (broad SMARTS) is 1. The monoisotopic (exact) mass is 344 g/mol. The highest BCUT2D eigenvalue weighted by Gasteiger charge is 2.08. The lowest BCUT2D eigenvalue weighted by molar-refractivity contribution is -0.466. The second-order valence-corrected chi connectivity index (χ2v) is 7.23. The summed E-state index contributed by atoms with van der Waals surface area (Å²) in [6, 6.07) is 5.78. The van der Waals surface area contributed by atoms with Crippen molar-refractivity contribution in [1.82, 2.24) is 0 Å². The highest BCUT2D eigenvalue weighted by atomic mass is 32.2. The van der Waals surface area contributed by atoms with Crippen molar-refractivity contribution in [2.45, 2.75) is 51.5 Å². The molecule has 1 rings (SSSR count). The molecule has 0 amide bonds. The van der Waals surface area contributed by atoms with Crippen LogP contribution in [0.2, 0.25) is 0 Å². The number of carbonyl (C=O) groups excluding carboxylic acids is 1. The van der Waals surface area contributed by atoms with E-state index < -0.39 is 16.1 Å². The summed E-state index contributed by atoms with van der Waals surface area (Å²) in [6.45, 7) is 12.7. The van der Waals surface area contributed by atoms with E-state index in [9.17, 15) is 22.9 Å². The van der Waals surface area contributed by atoms with Crippen molar-refractivity contribution in [3.63, 3.8) is 0 Å². The molecule has 0 bridgehead atoms. The number of aryl methyl sites for hydroxylation is 1. The molecule has 0 unspecified atom stereocenters. The van der Waals surface area contributed by atoms with Gasteiger partial charge >= 0.3 is 0 Å². The molecule has 0 aliphatic rings. The summed E-state index contributed by atoms with van der Waals surface area (Å²) in [7, 11) is -4.27. The number of hydrogen-bond acceptors (Lipinski definition) is 5. The Balaban J connectivity index is 0. The van der Waals surface area contributed by atoms with Crippen LogP contribution in [-0.4, -0.2) is 24.5 Å². The minimum atomic E-state index is -4.27. The van der Waals surface area contributed by atoms with E-state index in [0.29, 0.717) is 5.54 Å². The van der Waals surface area contributed by atoms with Crippen molar-refractivity contribution in [1.29, 1.82) is 0 Å². The topological polar surface area (TPSA) is 125 Å².